The van der Waals surface area contributed by atoms with Gasteiger partial charge in [-0.05, 0) is 57.2 Å². The number of anilines is 3. The van der Waals surface area contributed by atoms with Gasteiger partial charge in [-0.15, -0.1) is 0 Å². The molecule has 162 valence electrons. The number of benzene rings is 2. The number of nitrogens with zero attached hydrogens (tertiary/aromatic N) is 4. The molecule has 1 aliphatic rings. The zero-order valence-corrected chi connectivity index (χ0v) is 18.9. The van der Waals surface area contributed by atoms with Gasteiger partial charge in [0.05, 0.1) is 0 Å². The Labute approximate surface area is 180 Å². The van der Waals surface area contributed by atoms with E-state index in [9.17, 15) is 4.79 Å². The highest BCUT2D eigenvalue weighted by atomic mass is 16.2. The minimum atomic E-state index is -0.0756. The van der Waals surface area contributed by atoms with Crippen molar-refractivity contribution in [1.82, 2.24) is 4.90 Å². The van der Waals surface area contributed by atoms with Crippen LogP contribution in [0.5, 0.6) is 0 Å². The highest BCUT2D eigenvalue weighted by Gasteiger charge is 2.23. The van der Waals surface area contributed by atoms with Crippen molar-refractivity contribution in [3.05, 3.63) is 54.1 Å². The fourth-order valence-corrected chi connectivity index (χ4v) is 3.74. The van der Waals surface area contributed by atoms with Gasteiger partial charge in [0.15, 0.2) is 0 Å². The second-order valence-electron chi connectivity index (χ2n) is 8.38. The number of nitrogens with two attached hydrogens (primary N) is 1. The number of amides is 2. The predicted molar refractivity (Wildman–Crippen MR) is 127 cm³/mol. The lowest BCUT2D eigenvalue weighted by atomic mass is 10.1. The second-order valence-corrected chi connectivity index (χ2v) is 8.38. The van der Waals surface area contributed by atoms with Gasteiger partial charge in [0, 0.05) is 69.4 Å². The molecule has 1 heterocycles. The molecule has 30 heavy (non-hydrogen) atoms. The second kappa shape index (κ2) is 9.39. The summed E-state index contributed by atoms with van der Waals surface area (Å²) >= 11 is 0. The van der Waals surface area contributed by atoms with E-state index < -0.39 is 0 Å². The third-order valence-corrected chi connectivity index (χ3v) is 6.24. The number of hydrogen-bond acceptors (Lipinski definition) is 4. The third-order valence-electron chi connectivity index (χ3n) is 6.24. The lowest BCUT2D eigenvalue weighted by Crippen LogP contribution is -2.49. The summed E-state index contributed by atoms with van der Waals surface area (Å²) < 4.78 is 0. The summed E-state index contributed by atoms with van der Waals surface area (Å²) in [5.41, 5.74) is 10.6. The number of rotatable bonds is 5. The first-order valence-corrected chi connectivity index (χ1v) is 10.7. The Balaban J connectivity index is 1.59. The summed E-state index contributed by atoms with van der Waals surface area (Å²) in [7, 11) is 3.61. The zero-order valence-electron chi connectivity index (χ0n) is 18.9. The smallest absolute Gasteiger partial charge is 0.324 e. The molecule has 2 N–H and O–H groups in total. The number of urea groups is 1. The van der Waals surface area contributed by atoms with Crippen LogP contribution in [0.3, 0.4) is 0 Å². The summed E-state index contributed by atoms with van der Waals surface area (Å²) in [6.07, 6.45) is 0. The Hall–Kier alpha value is -2.73. The van der Waals surface area contributed by atoms with Gasteiger partial charge in [-0.3, -0.25) is 4.90 Å². The molecule has 0 radical (unpaired) electrons. The molecule has 0 spiro atoms. The van der Waals surface area contributed by atoms with Gasteiger partial charge >= 0.3 is 6.03 Å². The van der Waals surface area contributed by atoms with E-state index in [1.165, 1.54) is 16.9 Å². The standard InChI is InChI=1S/C24H35N5O/c1-18-6-8-22(9-7-18)28-14-16-29(17-15-28)23-12-10-21(11-13-23)27(5)24(30)26(4)20(3)19(2)25/h6-13,19-20H,14-17,25H2,1-5H3/t19-,20-/m0/s1. The third kappa shape index (κ3) is 4.87. The number of aryl methyl sites for hydroxylation is 1. The quantitative estimate of drug-likeness (QED) is 0.821. The molecular weight excluding hydrogens is 374 g/mol. The average Bonchev–Trinajstić information content (AvgIpc) is 2.77. The summed E-state index contributed by atoms with van der Waals surface area (Å²) in [6.45, 7) is 9.98. The number of carbonyl (C=O) groups excluding carboxylic acids is 1. The molecule has 2 atom stereocenters. The van der Waals surface area contributed by atoms with E-state index in [1.807, 2.05) is 33.0 Å². The molecule has 1 aliphatic heterocycles. The van der Waals surface area contributed by atoms with Crippen LogP contribution in [0.2, 0.25) is 0 Å². The summed E-state index contributed by atoms with van der Waals surface area (Å²) in [6, 6.07) is 16.8. The van der Waals surface area contributed by atoms with Crippen molar-refractivity contribution < 1.29 is 4.79 Å². The van der Waals surface area contributed by atoms with Crippen molar-refractivity contribution >= 4 is 23.1 Å². The van der Waals surface area contributed by atoms with Crippen LogP contribution in [0, 0.1) is 6.92 Å². The molecule has 0 saturated carbocycles. The molecule has 0 unspecified atom stereocenters. The molecule has 6 heteroatoms. The van der Waals surface area contributed by atoms with E-state index in [0.29, 0.717) is 0 Å². The molecule has 6 nitrogen and oxygen atoms in total. The zero-order chi connectivity index (χ0) is 21.8. The Kier molecular flexibility index (Phi) is 6.87. The van der Waals surface area contributed by atoms with Crippen LogP contribution in [-0.2, 0) is 0 Å². The number of likely N-dealkylation sites (N-methyl/N-ethyl adjacent to an activating group) is 1. The topological polar surface area (TPSA) is 56.0 Å². The van der Waals surface area contributed by atoms with Crippen molar-refractivity contribution in [2.45, 2.75) is 32.9 Å². The van der Waals surface area contributed by atoms with Crippen LogP contribution in [0.25, 0.3) is 0 Å². The van der Waals surface area contributed by atoms with E-state index in [0.717, 1.165) is 31.9 Å². The average molecular weight is 410 g/mol. The molecular formula is C24H35N5O. The lowest BCUT2D eigenvalue weighted by Gasteiger charge is -2.37. The van der Waals surface area contributed by atoms with Gasteiger partial charge in [-0.25, -0.2) is 4.79 Å². The number of piperazine rings is 1. The van der Waals surface area contributed by atoms with E-state index in [2.05, 4.69) is 53.1 Å². The van der Waals surface area contributed by atoms with Crippen LogP contribution in [0.4, 0.5) is 21.9 Å². The van der Waals surface area contributed by atoms with Gasteiger partial charge in [0.1, 0.15) is 0 Å². The molecule has 0 bridgehead atoms. The highest BCUT2D eigenvalue weighted by molar-refractivity contribution is 5.91. The van der Waals surface area contributed by atoms with Crippen LogP contribution in [0.1, 0.15) is 19.4 Å². The van der Waals surface area contributed by atoms with Gasteiger partial charge in [0.2, 0.25) is 0 Å². The van der Waals surface area contributed by atoms with Crippen LogP contribution in [-0.4, -0.2) is 63.3 Å². The Morgan fingerprint density at radius 3 is 1.73 bits per heavy atom. The van der Waals surface area contributed by atoms with Gasteiger partial charge in [0.25, 0.3) is 0 Å². The van der Waals surface area contributed by atoms with Gasteiger partial charge in [-0.2, -0.15) is 0 Å². The first-order chi connectivity index (χ1) is 14.3. The van der Waals surface area contributed by atoms with Gasteiger partial charge < -0.3 is 20.4 Å². The monoisotopic (exact) mass is 409 g/mol. The van der Waals surface area contributed by atoms with E-state index in [1.54, 1.807) is 16.8 Å². The minimum Gasteiger partial charge on any atom is -0.368 e. The molecule has 2 aromatic carbocycles. The Morgan fingerprint density at radius 1 is 0.867 bits per heavy atom. The molecule has 1 fully saturated rings. The van der Waals surface area contributed by atoms with Crippen molar-refractivity contribution in [2.75, 3.05) is 55.0 Å². The fourth-order valence-electron chi connectivity index (χ4n) is 3.74. The SMILES string of the molecule is Cc1ccc(N2CCN(c3ccc(N(C)C(=O)N(C)[C@@H](C)[C@H](C)N)cc3)CC2)cc1. The largest absolute Gasteiger partial charge is 0.368 e. The lowest BCUT2D eigenvalue weighted by molar-refractivity contribution is 0.195. The fraction of sp³-hybridized carbons (Fsp3) is 0.458. The van der Waals surface area contributed by atoms with Crippen LogP contribution >= 0.6 is 0 Å². The number of carbonyl (C=O) groups is 1. The highest BCUT2D eigenvalue weighted by Crippen LogP contribution is 2.24. The van der Waals surface area contributed by atoms with Crippen molar-refractivity contribution in [3.8, 4) is 0 Å². The minimum absolute atomic E-state index is 0.0240. The molecule has 3 rings (SSSR count). The summed E-state index contributed by atoms with van der Waals surface area (Å²) in [5, 5.41) is 0. The summed E-state index contributed by atoms with van der Waals surface area (Å²) in [4.78, 5) is 21.0. The summed E-state index contributed by atoms with van der Waals surface area (Å²) in [5.74, 6) is 0. The Bertz CT molecular complexity index is 826. The maximum Gasteiger partial charge on any atom is 0.324 e. The molecule has 0 aromatic heterocycles. The Morgan fingerprint density at radius 2 is 1.30 bits per heavy atom. The number of hydrogen-bond donors (Lipinski definition) is 1. The molecule has 0 aliphatic carbocycles. The van der Waals surface area contributed by atoms with Crippen LogP contribution < -0.4 is 20.4 Å². The maximum absolute atomic E-state index is 12.7. The van der Waals surface area contributed by atoms with Crippen LogP contribution in [0.15, 0.2) is 48.5 Å². The normalized spacial score (nSPS) is 16.2. The van der Waals surface area contributed by atoms with E-state index in [4.69, 9.17) is 5.73 Å². The first kappa shape index (κ1) is 22.0. The van der Waals surface area contributed by atoms with E-state index in [-0.39, 0.29) is 18.1 Å². The van der Waals surface area contributed by atoms with Crippen molar-refractivity contribution in [1.29, 1.82) is 0 Å². The maximum atomic E-state index is 12.7. The molecule has 2 amide bonds. The van der Waals surface area contributed by atoms with E-state index >= 15 is 0 Å². The van der Waals surface area contributed by atoms with Crippen molar-refractivity contribution in [3.63, 3.8) is 0 Å². The molecule has 2 aromatic rings. The predicted octanol–water partition coefficient (Wildman–Crippen LogP) is 3.55. The van der Waals surface area contributed by atoms with Gasteiger partial charge in [-0.1, -0.05) is 17.7 Å². The van der Waals surface area contributed by atoms with Crippen molar-refractivity contribution in [2.24, 2.45) is 5.73 Å². The molecule has 1 saturated heterocycles. The first-order valence-electron chi connectivity index (χ1n) is 10.7.